The van der Waals surface area contributed by atoms with Gasteiger partial charge < -0.3 is 14.0 Å². The van der Waals surface area contributed by atoms with E-state index in [1.165, 1.54) is 0 Å². The first-order valence-electron chi connectivity index (χ1n) is 14.0. The Morgan fingerprint density at radius 2 is 1.05 bits per heavy atom. The number of fused-ring (bicyclic) bond motifs is 8. The van der Waals surface area contributed by atoms with Gasteiger partial charge in [0.05, 0.1) is 10.6 Å². The molecule has 0 bridgehead atoms. The lowest BCUT2D eigenvalue weighted by molar-refractivity contribution is 0.468. The molecule has 7 aromatic rings. The number of rotatable bonds is 2. The molecule has 0 aliphatic carbocycles. The average molecular weight is 559 g/mol. The maximum absolute atomic E-state index is 15.9. The van der Waals surface area contributed by atoms with E-state index < -0.39 is 7.14 Å². The van der Waals surface area contributed by atoms with Crippen LogP contribution in [0.2, 0.25) is 0 Å². The van der Waals surface area contributed by atoms with Crippen LogP contribution in [-0.2, 0) is 4.57 Å². The molecule has 2 aliphatic rings. The van der Waals surface area contributed by atoms with Crippen LogP contribution in [0.15, 0.2) is 140 Å². The minimum atomic E-state index is -3.39. The smallest absolute Gasteiger partial charge is 0.185 e. The van der Waals surface area contributed by atoms with Crippen LogP contribution in [0.3, 0.4) is 0 Å². The molecule has 0 amide bonds. The summed E-state index contributed by atoms with van der Waals surface area (Å²) in [6.07, 6.45) is 0. The molecule has 9 rings (SSSR count). The van der Waals surface area contributed by atoms with Gasteiger partial charge in [-0.25, -0.2) is 0 Å². The molecule has 4 heteroatoms. The molecule has 7 aromatic carbocycles. The van der Waals surface area contributed by atoms with Gasteiger partial charge in [-0.15, -0.1) is 0 Å². The summed E-state index contributed by atoms with van der Waals surface area (Å²) in [5.74, 6) is 2.50. The van der Waals surface area contributed by atoms with Crippen molar-refractivity contribution in [3.05, 3.63) is 140 Å². The molecular formula is C38H23O3P. The standard InChI is InChI=1S/C38H23O3P/c39-42-33-21-17-25-11-4-6-15-29(25)35(33)40-32-20-19-31(28-14-8-13-27(23-28)24-9-2-1-3-10-24)37(38(32)42)41-36-30-16-7-5-12-26(30)18-22-34(36)42/h1-23H. The van der Waals surface area contributed by atoms with Crippen LogP contribution in [-0.4, -0.2) is 0 Å². The van der Waals surface area contributed by atoms with E-state index in [1.807, 2.05) is 91.0 Å². The van der Waals surface area contributed by atoms with Gasteiger partial charge in [0.25, 0.3) is 0 Å². The van der Waals surface area contributed by atoms with Crippen LogP contribution in [0.1, 0.15) is 0 Å². The fourth-order valence-electron chi connectivity index (χ4n) is 6.52. The second kappa shape index (κ2) is 8.69. The first-order chi connectivity index (χ1) is 20.7. The number of hydrogen-bond donors (Lipinski definition) is 0. The molecule has 1 unspecified atom stereocenters. The summed E-state index contributed by atoms with van der Waals surface area (Å²) in [7, 11) is -3.39. The quantitative estimate of drug-likeness (QED) is 0.199. The second-order valence-corrected chi connectivity index (χ2v) is 13.4. The second-order valence-electron chi connectivity index (χ2n) is 10.8. The van der Waals surface area contributed by atoms with Crippen molar-refractivity contribution in [1.29, 1.82) is 0 Å². The monoisotopic (exact) mass is 558 g/mol. The zero-order chi connectivity index (χ0) is 27.8. The third-order valence-corrected chi connectivity index (χ3v) is 11.6. The van der Waals surface area contributed by atoms with E-state index in [1.54, 1.807) is 0 Å². The first-order valence-corrected chi connectivity index (χ1v) is 15.7. The van der Waals surface area contributed by atoms with Gasteiger partial charge in [0.2, 0.25) is 0 Å². The van der Waals surface area contributed by atoms with Gasteiger partial charge >= 0.3 is 0 Å². The highest BCUT2D eigenvalue weighted by Crippen LogP contribution is 2.61. The van der Waals surface area contributed by atoms with Gasteiger partial charge in [-0.2, -0.15) is 0 Å². The van der Waals surface area contributed by atoms with Crippen molar-refractivity contribution in [2.45, 2.75) is 0 Å². The van der Waals surface area contributed by atoms with E-state index in [2.05, 4.69) is 48.5 Å². The fourth-order valence-corrected chi connectivity index (χ4v) is 9.61. The lowest BCUT2D eigenvalue weighted by Crippen LogP contribution is -2.35. The van der Waals surface area contributed by atoms with Gasteiger partial charge in [0, 0.05) is 16.3 Å². The van der Waals surface area contributed by atoms with Crippen LogP contribution < -0.4 is 25.4 Å². The van der Waals surface area contributed by atoms with Crippen molar-refractivity contribution < 1.29 is 14.0 Å². The van der Waals surface area contributed by atoms with Crippen LogP contribution in [0.5, 0.6) is 23.0 Å². The molecule has 42 heavy (non-hydrogen) atoms. The number of benzene rings is 7. The minimum Gasteiger partial charge on any atom is -0.455 e. The van der Waals surface area contributed by atoms with E-state index in [9.17, 15) is 0 Å². The third-order valence-electron chi connectivity index (χ3n) is 8.50. The van der Waals surface area contributed by atoms with Crippen molar-refractivity contribution in [3.63, 3.8) is 0 Å². The minimum absolute atomic E-state index is 0.582. The molecule has 0 saturated carbocycles. The highest BCUT2D eigenvalue weighted by molar-refractivity contribution is 7.86. The Balaban J connectivity index is 1.36. The van der Waals surface area contributed by atoms with Crippen LogP contribution in [0.4, 0.5) is 0 Å². The summed E-state index contributed by atoms with van der Waals surface area (Å²) in [5.41, 5.74) is 4.13. The van der Waals surface area contributed by atoms with Crippen molar-refractivity contribution in [1.82, 2.24) is 0 Å². The topological polar surface area (TPSA) is 35.5 Å². The molecular weight excluding hydrogens is 535 g/mol. The van der Waals surface area contributed by atoms with Crippen molar-refractivity contribution >= 4 is 44.6 Å². The van der Waals surface area contributed by atoms with Crippen LogP contribution >= 0.6 is 7.14 Å². The Hall–Kier alpha value is -5.11. The SMILES string of the molecule is O=P12c3ccc4ccccc4c3Oc3ccc(-c4cccc(-c5ccccc5)c4)c(c31)Oc1c2ccc2ccccc12. The van der Waals surface area contributed by atoms with E-state index in [-0.39, 0.29) is 0 Å². The van der Waals surface area contributed by atoms with Gasteiger partial charge in [-0.05, 0) is 57.8 Å². The molecule has 2 heterocycles. The lowest BCUT2D eigenvalue weighted by atomic mass is 9.98. The molecule has 0 N–H and O–H groups in total. The molecule has 2 aliphatic heterocycles. The normalized spacial score (nSPS) is 16.2. The number of hydrogen-bond acceptors (Lipinski definition) is 3. The Morgan fingerprint density at radius 3 is 1.76 bits per heavy atom. The van der Waals surface area contributed by atoms with Gasteiger partial charge in [0.15, 0.2) is 7.14 Å². The van der Waals surface area contributed by atoms with E-state index >= 15 is 4.57 Å². The summed E-state index contributed by atoms with van der Waals surface area (Å²) in [6, 6.07) is 47.1. The summed E-state index contributed by atoms with van der Waals surface area (Å²) in [6.45, 7) is 0. The van der Waals surface area contributed by atoms with E-state index in [0.29, 0.717) is 38.9 Å². The maximum atomic E-state index is 15.9. The number of ether oxygens (including phenoxy) is 2. The third kappa shape index (κ3) is 3.20. The fraction of sp³-hybridized carbons (Fsp3) is 0. The molecule has 198 valence electrons. The van der Waals surface area contributed by atoms with Gasteiger partial charge in [0.1, 0.15) is 28.3 Å². The molecule has 1 atom stereocenters. The predicted molar refractivity (Wildman–Crippen MR) is 172 cm³/mol. The molecule has 3 nitrogen and oxygen atoms in total. The lowest BCUT2D eigenvalue weighted by Gasteiger charge is -2.36. The van der Waals surface area contributed by atoms with Crippen molar-refractivity contribution in [2.75, 3.05) is 0 Å². The van der Waals surface area contributed by atoms with Crippen molar-refractivity contribution in [3.8, 4) is 45.3 Å². The molecule has 0 saturated heterocycles. The largest absolute Gasteiger partial charge is 0.455 e. The average Bonchev–Trinajstić information content (AvgIpc) is 3.05. The van der Waals surface area contributed by atoms with Crippen LogP contribution in [0.25, 0.3) is 43.8 Å². The summed E-state index contributed by atoms with van der Waals surface area (Å²) in [4.78, 5) is 0. The van der Waals surface area contributed by atoms with Crippen molar-refractivity contribution in [2.24, 2.45) is 0 Å². The molecule has 0 fully saturated rings. The summed E-state index contributed by atoms with van der Waals surface area (Å²) < 4.78 is 29.5. The Bertz CT molecular complexity index is 2270. The van der Waals surface area contributed by atoms with E-state index in [0.717, 1.165) is 43.8 Å². The Kier molecular flexibility index (Phi) is 4.88. The molecule has 0 aromatic heterocycles. The van der Waals surface area contributed by atoms with Gasteiger partial charge in [-0.1, -0.05) is 109 Å². The van der Waals surface area contributed by atoms with Crippen LogP contribution in [0, 0.1) is 0 Å². The zero-order valence-corrected chi connectivity index (χ0v) is 23.3. The Morgan fingerprint density at radius 1 is 0.452 bits per heavy atom. The summed E-state index contributed by atoms with van der Waals surface area (Å²) >= 11 is 0. The molecule has 0 radical (unpaired) electrons. The van der Waals surface area contributed by atoms with Gasteiger partial charge in [-0.3, -0.25) is 0 Å². The van der Waals surface area contributed by atoms with E-state index in [4.69, 9.17) is 9.47 Å². The highest BCUT2D eigenvalue weighted by atomic mass is 31.2. The summed E-state index contributed by atoms with van der Waals surface area (Å²) in [5, 5.41) is 6.05. The first kappa shape index (κ1) is 23.6. The predicted octanol–water partition coefficient (Wildman–Crippen LogP) is 9.18. The highest BCUT2D eigenvalue weighted by Gasteiger charge is 2.48. The Labute approximate surface area is 243 Å². The maximum Gasteiger partial charge on any atom is 0.185 e. The zero-order valence-electron chi connectivity index (χ0n) is 22.5. The molecule has 0 spiro atoms.